The van der Waals surface area contributed by atoms with E-state index in [1.165, 1.54) is 6.92 Å². The molecule has 0 heterocycles. The number of nitrogens with two attached hydrogens (primary N) is 1. The minimum atomic E-state index is -0.0991. The number of carbonyl (C=O) groups is 1. The molecule has 0 saturated heterocycles. The summed E-state index contributed by atoms with van der Waals surface area (Å²) in [6.45, 7) is 5.44. The van der Waals surface area contributed by atoms with Crippen LogP contribution in [0.5, 0.6) is 0 Å². The zero-order chi connectivity index (χ0) is 12.1. The van der Waals surface area contributed by atoms with Crippen LogP contribution >= 0.6 is 0 Å². The average molecular weight is 219 g/mol. The van der Waals surface area contributed by atoms with Gasteiger partial charge in [0.05, 0.1) is 5.69 Å². The van der Waals surface area contributed by atoms with Crippen molar-refractivity contribution in [3.05, 3.63) is 24.3 Å². The summed E-state index contributed by atoms with van der Waals surface area (Å²) >= 11 is 0. The topological polar surface area (TPSA) is 67.5 Å². The Kier molecular flexibility index (Phi) is 4.05. The second-order valence-corrected chi connectivity index (χ2v) is 3.92. The van der Waals surface area contributed by atoms with Gasteiger partial charge < -0.3 is 11.1 Å². The molecule has 1 aromatic rings. The van der Waals surface area contributed by atoms with E-state index in [2.05, 4.69) is 10.3 Å². The van der Waals surface area contributed by atoms with Gasteiger partial charge in [0.25, 0.3) is 0 Å². The summed E-state index contributed by atoms with van der Waals surface area (Å²) in [6, 6.07) is 7.28. The molecular formula is C12H17N3O. The highest BCUT2D eigenvalue weighted by molar-refractivity contribution is 5.90. The molecule has 0 atom stereocenters. The van der Waals surface area contributed by atoms with Crippen molar-refractivity contribution in [1.82, 2.24) is 0 Å². The first kappa shape index (κ1) is 12.2. The molecule has 0 fully saturated rings. The molecule has 3 N–H and O–H groups in total. The Hall–Kier alpha value is -1.84. The van der Waals surface area contributed by atoms with Crippen molar-refractivity contribution in [2.75, 3.05) is 5.32 Å². The quantitative estimate of drug-likeness (QED) is 0.605. The number of amides is 1. The Morgan fingerprint density at radius 2 is 2.12 bits per heavy atom. The maximum absolute atomic E-state index is 10.9. The lowest BCUT2D eigenvalue weighted by atomic mass is 10.2. The van der Waals surface area contributed by atoms with E-state index in [-0.39, 0.29) is 11.8 Å². The number of anilines is 1. The van der Waals surface area contributed by atoms with Gasteiger partial charge in [-0.05, 0) is 18.2 Å². The fourth-order valence-electron chi connectivity index (χ4n) is 1.13. The zero-order valence-electron chi connectivity index (χ0n) is 9.82. The van der Waals surface area contributed by atoms with Crippen LogP contribution in [0.2, 0.25) is 0 Å². The third-order valence-electron chi connectivity index (χ3n) is 2.02. The van der Waals surface area contributed by atoms with E-state index < -0.39 is 0 Å². The third-order valence-corrected chi connectivity index (χ3v) is 2.02. The van der Waals surface area contributed by atoms with Crippen LogP contribution in [-0.2, 0) is 4.79 Å². The molecule has 0 bridgehead atoms. The van der Waals surface area contributed by atoms with Crippen LogP contribution in [0, 0.1) is 5.92 Å². The SMILES string of the molecule is CC(=O)Nc1cccc(N=C(N)C(C)C)c1. The predicted molar refractivity (Wildman–Crippen MR) is 66.9 cm³/mol. The van der Waals surface area contributed by atoms with Crippen molar-refractivity contribution in [2.45, 2.75) is 20.8 Å². The Morgan fingerprint density at radius 1 is 1.44 bits per heavy atom. The van der Waals surface area contributed by atoms with E-state index in [0.29, 0.717) is 5.84 Å². The number of nitrogens with one attached hydrogen (secondary N) is 1. The summed E-state index contributed by atoms with van der Waals surface area (Å²) in [5.41, 5.74) is 7.24. The average Bonchev–Trinajstić information content (AvgIpc) is 2.16. The number of rotatable bonds is 3. The van der Waals surface area contributed by atoms with E-state index >= 15 is 0 Å². The largest absolute Gasteiger partial charge is 0.387 e. The molecule has 16 heavy (non-hydrogen) atoms. The van der Waals surface area contributed by atoms with Gasteiger partial charge in [-0.15, -0.1) is 0 Å². The van der Waals surface area contributed by atoms with Crippen LogP contribution < -0.4 is 11.1 Å². The van der Waals surface area contributed by atoms with E-state index in [4.69, 9.17) is 5.73 Å². The highest BCUT2D eigenvalue weighted by Gasteiger charge is 2.00. The first-order chi connectivity index (χ1) is 7.49. The Balaban J connectivity index is 2.90. The summed E-state index contributed by atoms with van der Waals surface area (Å²) < 4.78 is 0. The number of hydrogen-bond donors (Lipinski definition) is 2. The van der Waals surface area contributed by atoms with Crippen molar-refractivity contribution in [2.24, 2.45) is 16.6 Å². The number of amidine groups is 1. The highest BCUT2D eigenvalue weighted by atomic mass is 16.1. The first-order valence-electron chi connectivity index (χ1n) is 5.20. The highest BCUT2D eigenvalue weighted by Crippen LogP contribution is 2.18. The van der Waals surface area contributed by atoms with Crippen LogP contribution in [0.15, 0.2) is 29.3 Å². The van der Waals surface area contributed by atoms with Gasteiger partial charge in [0.15, 0.2) is 0 Å². The van der Waals surface area contributed by atoms with Gasteiger partial charge in [-0.1, -0.05) is 19.9 Å². The van der Waals surface area contributed by atoms with Crippen LogP contribution in [-0.4, -0.2) is 11.7 Å². The molecule has 0 spiro atoms. The van der Waals surface area contributed by atoms with Gasteiger partial charge in [-0.3, -0.25) is 4.79 Å². The zero-order valence-corrected chi connectivity index (χ0v) is 9.82. The van der Waals surface area contributed by atoms with Crippen LogP contribution in [0.3, 0.4) is 0 Å². The fourth-order valence-corrected chi connectivity index (χ4v) is 1.13. The van der Waals surface area contributed by atoms with E-state index in [1.54, 1.807) is 6.07 Å². The van der Waals surface area contributed by atoms with Crippen molar-refractivity contribution in [1.29, 1.82) is 0 Å². The molecule has 0 radical (unpaired) electrons. The number of nitrogens with zero attached hydrogens (tertiary/aromatic N) is 1. The van der Waals surface area contributed by atoms with Gasteiger partial charge in [0.2, 0.25) is 5.91 Å². The van der Waals surface area contributed by atoms with Gasteiger partial charge in [0, 0.05) is 18.5 Å². The summed E-state index contributed by atoms with van der Waals surface area (Å²) in [5, 5.41) is 2.70. The van der Waals surface area contributed by atoms with Gasteiger partial charge in [0.1, 0.15) is 5.84 Å². The van der Waals surface area contributed by atoms with E-state index in [0.717, 1.165) is 11.4 Å². The molecule has 4 heteroatoms. The molecule has 86 valence electrons. The van der Waals surface area contributed by atoms with Gasteiger partial charge in [-0.2, -0.15) is 0 Å². The van der Waals surface area contributed by atoms with Crippen LogP contribution in [0.25, 0.3) is 0 Å². The van der Waals surface area contributed by atoms with Gasteiger partial charge in [-0.25, -0.2) is 4.99 Å². The molecule has 4 nitrogen and oxygen atoms in total. The predicted octanol–water partition coefficient (Wildman–Crippen LogP) is 2.29. The molecule has 0 unspecified atom stereocenters. The molecule has 0 aliphatic rings. The Morgan fingerprint density at radius 3 is 2.69 bits per heavy atom. The molecule has 0 aliphatic carbocycles. The lowest BCUT2D eigenvalue weighted by Crippen LogP contribution is -2.18. The lowest BCUT2D eigenvalue weighted by Gasteiger charge is -2.05. The number of aliphatic imine (C=N–C) groups is 1. The van der Waals surface area contributed by atoms with Crippen LogP contribution in [0.1, 0.15) is 20.8 Å². The molecule has 0 aromatic heterocycles. The maximum Gasteiger partial charge on any atom is 0.221 e. The van der Waals surface area contributed by atoms with Crippen molar-refractivity contribution < 1.29 is 4.79 Å². The van der Waals surface area contributed by atoms with Gasteiger partial charge >= 0.3 is 0 Å². The van der Waals surface area contributed by atoms with E-state index in [9.17, 15) is 4.79 Å². The van der Waals surface area contributed by atoms with E-state index in [1.807, 2.05) is 32.0 Å². The fraction of sp³-hybridized carbons (Fsp3) is 0.333. The summed E-state index contributed by atoms with van der Waals surface area (Å²) in [6.07, 6.45) is 0. The smallest absolute Gasteiger partial charge is 0.221 e. The Bertz CT molecular complexity index is 410. The minimum absolute atomic E-state index is 0.0991. The summed E-state index contributed by atoms with van der Waals surface area (Å²) in [4.78, 5) is 15.2. The minimum Gasteiger partial charge on any atom is -0.387 e. The second-order valence-electron chi connectivity index (χ2n) is 3.92. The van der Waals surface area contributed by atoms with Crippen molar-refractivity contribution >= 4 is 23.1 Å². The third kappa shape index (κ3) is 3.73. The van der Waals surface area contributed by atoms with Crippen molar-refractivity contribution in [3.63, 3.8) is 0 Å². The molecule has 0 saturated carbocycles. The lowest BCUT2D eigenvalue weighted by molar-refractivity contribution is -0.114. The summed E-state index contributed by atoms with van der Waals surface area (Å²) in [7, 11) is 0. The number of hydrogen-bond acceptors (Lipinski definition) is 2. The first-order valence-corrected chi connectivity index (χ1v) is 5.20. The number of carbonyl (C=O) groups excluding carboxylic acids is 1. The molecular weight excluding hydrogens is 202 g/mol. The normalized spacial score (nSPS) is 11.6. The molecule has 1 amide bonds. The Labute approximate surface area is 95.6 Å². The molecule has 1 rings (SSSR count). The molecule has 0 aliphatic heterocycles. The number of benzene rings is 1. The van der Waals surface area contributed by atoms with Crippen molar-refractivity contribution in [3.8, 4) is 0 Å². The second kappa shape index (κ2) is 5.30. The standard InChI is InChI=1S/C12H17N3O/c1-8(2)12(13)15-11-6-4-5-10(7-11)14-9(3)16/h4-8H,1-3H3,(H2,13,15)(H,14,16). The monoisotopic (exact) mass is 219 g/mol. The maximum atomic E-state index is 10.9. The molecule has 1 aromatic carbocycles. The summed E-state index contributed by atoms with van der Waals surface area (Å²) in [5.74, 6) is 0.697. The van der Waals surface area contributed by atoms with Crippen LogP contribution in [0.4, 0.5) is 11.4 Å².